The Hall–Kier alpha value is -0.870. The van der Waals surface area contributed by atoms with Gasteiger partial charge in [0.2, 0.25) is 0 Å². The summed E-state index contributed by atoms with van der Waals surface area (Å²) in [5, 5.41) is 4.07. The summed E-state index contributed by atoms with van der Waals surface area (Å²) in [6, 6.07) is 4.13. The van der Waals surface area contributed by atoms with Gasteiger partial charge in [0.25, 0.3) is 0 Å². The van der Waals surface area contributed by atoms with Crippen molar-refractivity contribution in [3.8, 4) is 0 Å². The molecule has 1 heterocycles. The zero-order valence-electron chi connectivity index (χ0n) is 8.62. The number of nitrogens with one attached hydrogen (secondary N) is 1. The minimum Gasteiger partial charge on any atom is -0.380 e. The number of hydrogen-bond acceptors (Lipinski definition) is 4. The molecule has 0 saturated heterocycles. The minimum atomic E-state index is 0.384. The van der Waals surface area contributed by atoms with Gasteiger partial charge < -0.3 is 5.32 Å². The second kappa shape index (κ2) is 4.33. The summed E-state index contributed by atoms with van der Waals surface area (Å²) in [6.07, 6.45) is 1.05. The first kappa shape index (κ1) is 10.6. The molecule has 1 N–H and O–H groups in total. The molecule has 15 heavy (non-hydrogen) atoms. The van der Waals surface area contributed by atoms with Gasteiger partial charge in [-0.1, -0.05) is 18.5 Å². The molecule has 1 unspecified atom stereocenters. The lowest BCUT2D eigenvalue weighted by molar-refractivity contribution is 0.765. The summed E-state index contributed by atoms with van der Waals surface area (Å²) >= 11 is 7.35. The fourth-order valence-corrected chi connectivity index (χ4v) is 2.06. The first-order chi connectivity index (χ1) is 7.22. The molecule has 80 valence electrons. The quantitative estimate of drug-likeness (QED) is 0.893. The molecule has 0 aliphatic carbocycles. The molecule has 0 amide bonds. The van der Waals surface area contributed by atoms with E-state index >= 15 is 0 Å². The number of aromatic nitrogens is 2. The van der Waals surface area contributed by atoms with Crippen LogP contribution in [-0.4, -0.2) is 14.8 Å². The summed E-state index contributed by atoms with van der Waals surface area (Å²) in [7, 11) is 0. The third-order valence-electron chi connectivity index (χ3n) is 2.38. The lowest BCUT2D eigenvalue weighted by Crippen LogP contribution is -2.13. The van der Waals surface area contributed by atoms with Gasteiger partial charge in [0.15, 0.2) is 0 Å². The maximum Gasteiger partial charge on any atom is 0.129 e. The number of fused-ring (bicyclic) bond motifs is 1. The number of rotatable bonds is 3. The van der Waals surface area contributed by atoms with E-state index in [-0.39, 0.29) is 0 Å². The lowest BCUT2D eigenvalue weighted by atomic mass is 10.2. The number of halogens is 1. The van der Waals surface area contributed by atoms with Crippen LogP contribution in [0.15, 0.2) is 12.1 Å². The van der Waals surface area contributed by atoms with Crippen molar-refractivity contribution < 1.29 is 0 Å². The molecule has 0 aliphatic rings. The lowest BCUT2D eigenvalue weighted by Gasteiger charge is -2.14. The summed E-state index contributed by atoms with van der Waals surface area (Å²) in [5.41, 5.74) is 2.67. The molecule has 0 saturated carbocycles. The van der Waals surface area contributed by atoms with E-state index in [2.05, 4.69) is 27.9 Å². The topological polar surface area (TPSA) is 37.8 Å². The molecule has 2 rings (SSSR count). The molecule has 0 radical (unpaired) electrons. The van der Waals surface area contributed by atoms with Crippen LogP contribution < -0.4 is 5.32 Å². The molecular weight excluding hydrogens is 230 g/mol. The maximum absolute atomic E-state index is 6.14. The van der Waals surface area contributed by atoms with Crippen molar-refractivity contribution >= 4 is 40.0 Å². The number of nitrogens with zero attached hydrogens (tertiary/aromatic N) is 2. The first-order valence-electron chi connectivity index (χ1n) is 4.89. The molecule has 1 aromatic carbocycles. The molecule has 3 nitrogen and oxygen atoms in total. The van der Waals surface area contributed by atoms with Gasteiger partial charge in [0, 0.05) is 6.04 Å². The van der Waals surface area contributed by atoms with Crippen molar-refractivity contribution in [2.75, 3.05) is 5.32 Å². The highest BCUT2D eigenvalue weighted by atomic mass is 35.5. The van der Waals surface area contributed by atoms with Gasteiger partial charge in [-0.3, -0.25) is 0 Å². The van der Waals surface area contributed by atoms with E-state index in [0.717, 1.165) is 23.1 Å². The van der Waals surface area contributed by atoms with Crippen molar-refractivity contribution in [2.24, 2.45) is 0 Å². The number of benzene rings is 1. The Balaban J connectivity index is 2.47. The molecule has 0 spiro atoms. The fourth-order valence-electron chi connectivity index (χ4n) is 1.31. The number of anilines is 1. The molecule has 0 aliphatic heterocycles. The van der Waals surface area contributed by atoms with Crippen molar-refractivity contribution in [1.29, 1.82) is 0 Å². The monoisotopic (exact) mass is 241 g/mol. The van der Waals surface area contributed by atoms with Gasteiger partial charge in [-0.05, 0) is 25.5 Å². The van der Waals surface area contributed by atoms with Crippen LogP contribution in [0.1, 0.15) is 20.3 Å². The van der Waals surface area contributed by atoms with Crippen LogP contribution >= 0.6 is 23.3 Å². The van der Waals surface area contributed by atoms with Crippen LogP contribution in [0.2, 0.25) is 5.02 Å². The Morgan fingerprint density at radius 2 is 2.27 bits per heavy atom. The normalized spacial score (nSPS) is 13.0. The maximum atomic E-state index is 6.14. The van der Waals surface area contributed by atoms with Crippen LogP contribution in [0.25, 0.3) is 11.0 Å². The van der Waals surface area contributed by atoms with Crippen LogP contribution in [0.3, 0.4) is 0 Å². The van der Waals surface area contributed by atoms with E-state index in [1.54, 1.807) is 0 Å². The average molecular weight is 242 g/mol. The van der Waals surface area contributed by atoms with Gasteiger partial charge in [-0.15, -0.1) is 0 Å². The summed E-state index contributed by atoms with van der Waals surface area (Å²) in [6.45, 7) is 4.25. The standard InChI is InChI=1S/C10H12ClN3S/c1-3-6(2)12-9-7(11)4-5-8-10(9)14-15-13-8/h4-6,12H,3H2,1-2H3. The minimum absolute atomic E-state index is 0.384. The highest BCUT2D eigenvalue weighted by Crippen LogP contribution is 2.30. The Bertz CT molecular complexity index is 469. The molecule has 1 aromatic heterocycles. The van der Waals surface area contributed by atoms with Gasteiger partial charge in [-0.2, -0.15) is 8.75 Å². The second-order valence-electron chi connectivity index (χ2n) is 3.51. The molecule has 1 atom stereocenters. The van der Waals surface area contributed by atoms with Gasteiger partial charge in [0.1, 0.15) is 11.0 Å². The van der Waals surface area contributed by atoms with E-state index in [4.69, 9.17) is 11.6 Å². The summed E-state index contributed by atoms with van der Waals surface area (Å²) in [5.74, 6) is 0. The predicted octanol–water partition coefficient (Wildman–Crippen LogP) is 3.56. The third kappa shape index (κ3) is 2.06. The number of hydrogen-bond donors (Lipinski definition) is 1. The van der Waals surface area contributed by atoms with Crippen LogP contribution in [0.4, 0.5) is 5.69 Å². The van der Waals surface area contributed by atoms with Gasteiger partial charge in [-0.25, -0.2) is 0 Å². The van der Waals surface area contributed by atoms with Crippen molar-refractivity contribution in [1.82, 2.24) is 8.75 Å². The molecule has 2 aromatic rings. The summed E-state index contributed by atoms with van der Waals surface area (Å²) in [4.78, 5) is 0. The van der Waals surface area contributed by atoms with Gasteiger partial charge >= 0.3 is 0 Å². The molecule has 0 bridgehead atoms. The largest absolute Gasteiger partial charge is 0.380 e. The SMILES string of the molecule is CCC(C)Nc1c(Cl)ccc2nsnc12. The molecule has 0 fully saturated rings. The smallest absolute Gasteiger partial charge is 0.129 e. The highest BCUT2D eigenvalue weighted by molar-refractivity contribution is 7.00. The Morgan fingerprint density at radius 1 is 1.47 bits per heavy atom. The van der Waals surface area contributed by atoms with Crippen LogP contribution in [-0.2, 0) is 0 Å². The third-order valence-corrected chi connectivity index (χ3v) is 3.24. The van der Waals surface area contributed by atoms with Crippen molar-refractivity contribution in [3.05, 3.63) is 17.2 Å². The Labute approximate surface area is 97.8 Å². The van der Waals surface area contributed by atoms with Crippen molar-refractivity contribution in [2.45, 2.75) is 26.3 Å². The van der Waals surface area contributed by atoms with E-state index < -0.39 is 0 Å². The first-order valence-corrected chi connectivity index (χ1v) is 6.00. The summed E-state index contributed by atoms with van der Waals surface area (Å²) < 4.78 is 8.44. The van der Waals surface area contributed by atoms with Gasteiger partial charge in [0.05, 0.1) is 22.4 Å². The fraction of sp³-hybridized carbons (Fsp3) is 0.400. The Morgan fingerprint density at radius 3 is 3.00 bits per heavy atom. The van der Waals surface area contributed by atoms with E-state index in [9.17, 15) is 0 Å². The molecular formula is C10H12ClN3S. The van der Waals surface area contributed by atoms with Crippen molar-refractivity contribution in [3.63, 3.8) is 0 Å². The zero-order valence-corrected chi connectivity index (χ0v) is 10.2. The van der Waals surface area contributed by atoms with E-state index in [0.29, 0.717) is 11.1 Å². The molecule has 5 heteroatoms. The van der Waals surface area contributed by atoms with Crippen LogP contribution in [0.5, 0.6) is 0 Å². The second-order valence-corrected chi connectivity index (χ2v) is 4.44. The van der Waals surface area contributed by atoms with Crippen LogP contribution in [0, 0.1) is 0 Å². The Kier molecular flexibility index (Phi) is 3.07. The van der Waals surface area contributed by atoms with E-state index in [1.807, 2.05) is 12.1 Å². The average Bonchev–Trinajstić information content (AvgIpc) is 2.70. The van der Waals surface area contributed by atoms with E-state index in [1.165, 1.54) is 11.7 Å². The zero-order chi connectivity index (χ0) is 10.8. The predicted molar refractivity (Wildman–Crippen MR) is 65.8 cm³/mol. The highest BCUT2D eigenvalue weighted by Gasteiger charge is 2.11.